The highest BCUT2D eigenvalue weighted by molar-refractivity contribution is 6.34. The first kappa shape index (κ1) is 16.7. The molecule has 0 radical (unpaired) electrons. The topological polar surface area (TPSA) is 75.5 Å². The van der Waals surface area contributed by atoms with E-state index in [2.05, 4.69) is 17.1 Å². The lowest BCUT2D eigenvalue weighted by molar-refractivity contribution is -0.384. The van der Waals surface area contributed by atoms with Crippen LogP contribution in [0.1, 0.15) is 32.6 Å². The van der Waals surface area contributed by atoms with Crippen LogP contribution in [0.25, 0.3) is 0 Å². The number of hydrogen-bond donors (Lipinski definition) is 1. The molecule has 1 atom stereocenters. The minimum atomic E-state index is -0.517. The lowest BCUT2D eigenvalue weighted by Crippen LogP contribution is -2.43. The molecule has 0 aromatic heterocycles. The molecule has 1 aliphatic heterocycles. The molecule has 1 aromatic carbocycles. The first-order valence-corrected chi connectivity index (χ1v) is 7.87. The second kappa shape index (κ2) is 7.56. The van der Waals surface area contributed by atoms with E-state index in [9.17, 15) is 14.9 Å². The van der Waals surface area contributed by atoms with Gasteiger partial charge in [-0.2, -0.15) is 0 Å². The number of piperidine rings is 1. The van der Waals surface area contributed by atoms with E-state index in [1.165, 1.54) is 24.6 Å². The van der Waals surface area contributed by atoms with Crippen LogP contribution in [0.5, 0.6) is 0 Å². The zero-order valence-electron chi connectivity index (χ0n) is 12.5. The summed E-state index contributed by atoms with van der Waals surface area (Å²) in [4.78, 5) is 24.5. The van der Waals surface area contributed by atoms with Gasteiger partial charge in [-0.25, -0.2) is 0 Å². The maximum absolute atomic E-state index is 12.2. The molecule has 0 aliphatic carbocycles. The Morgan fingerprint density at radius 2 is 2.27 bits per heavy atom. The van der Waals surface area contributed by atoms with Crippen LogP contribution >= 0.6 is 11.6 Å². The summed E-state index contributed by atoms with van der Waals surface area (Å²) >= 11 is 5.98. The van der Waals surface area contributed by atoms with Crippen LogP contribution in [0.2, 0.25) is 5.02 Å². The van der Waals surface area contributed by atoms with E-state index >= 15 is 0 Å². The highest BCUT2D eigenvalue weighted by Gasteiger charge is 2.23. The van der Waals surface area contributed by atoms with Crippen molar-refractivity contribution >= 4 is 28.9 Å². The monoisotopic (exact) mass is 325 g/mol. The van der Waals surface area contributed by atoms with Crippen molar-refractivity contribution in [2.45, 2.75) is 38.6 Å². The second-order valence-corrected chi connectivity index (χ2v) is 5.90. The van der Waals surface area contributed by atoms with Crippen LogP contribution in [-0.4, -0.2) is 34.9 Å². The number of rotatable bonds is 5. The number of nitrogens with zero attached hydrogens (tertiary/aromatic N) is 2. The van der Waals surface area contributed by atoms with Crippen molar-refractivity contribution in [3.63, 3.8) is 0 Å². The summed E-state index contributed by atoms with van der Waals surface area (Å²) in [5.41, 5.74) is 0.312. The Labute approximate surface area is 134 Å². The summed E-state index contributed by atoms with van der Waals surface area (Å²) in [5, 5.41) is 13.6. The molecule has 2 rings (SSSR count). The third-order valence-corrected chi connectivity index (χ3v) is 4.32. The van der Waals surface area contributed by atoms with Crippen molar-refractivity contribution in [3.8, 4) is 0 Å². The number of anilines is 1. The molecule has 1 heterocycles. The van der Waals surface area contributed by atoms with Crippen LogP contribution in [0, 0.1) is 10.1 Å². The van der Waals surface area contributed by atoms with Crippen LogP contribution in [0.4, 0.5) is 11.4 Å². The normalized spacial score (nSPS) is 18.9. The third kappa shape index (κ3) is 4.18. The Balaban J connectivity index is 1.98. The van der Waals surface area contributed by atoms with E-state index in [0.29, 0.717) is 18.3 Å². The smallest absolute Gasteiger partial charge is 0.271 e. The van der Waals surface area contributed by atoms with Gasteiger partial charge >= 0.3 is 0 Å². The van der Waals surface area contributed by atoms with Gasteiger partial charge in [-0.15, -0.1) is 0 Å². The molecule has 6 nitrogen and oxygen atoms in total. The van der Waals surface area contributed by atoms with E-state index in [1.807, 2.05) is 0 Å². The molecule has 1 unspecified atom stereocenters. The van der Waals surface area contributed by atoms with Crippen LogP contribution in [-0.2, 0) is 4.79 Å². The highest BCUT2D eigenvalue weighted by atomic mass is 35.5. The number of carbonyl (C=O) groups is 1. The number of nitrogens with one attached hydrogen (secondary N) is 1. The van der Waals surface area contributed by atoms with Gasteiger partial charge in [-0.1, -0.05) is 24.9 Å². The molecule has 7 heteroatoms. The van der Waals surface area contributed by atoms with Gasteiger partial charge in [-0.05, 0) is 31.9 Å². The van der Waals surface area contributed by atoms with Crippen molar-refractivity contribution in [2.75, 3.05) is 18.4 Å². The molecule has 1 aromatic rings. The number of amides is 1. The number of nitro groups is 1. The molecule has 1 saturated heterocycles. The van der Waals surface area contributed by atoms with Gasteiger partial charge < -0.3 is 5.32 Å². The van der Waals surface area contributed by atoms with E-state index in [4.69, 9.17) is 11.6 Å². The number of carbonyl (C=O) groups excluding carboxylic acids is 1. The number of non-ortho nitro benzene ring substituents is 1. The molecule has 1 amide bonds. The van der Waals surface area contributed by atoms with Gasteiger partial charge in [0, 0.05) is 18.2 Å². The Hall–Kier alpha value is -1.66. The van der Waals surface area contributed by atoms with E-state index in [0.717, 1.165) is 25.8 Å². The van der Waals surface area contributed by atoms with Gasteiger partial charge in [-0.3, -0.25) is 19.8 Å². The SMILES string of the molecule is CCC1CCCCN1CC(=O)Nc1ccc([N+](=O)[O-])cc1Cl. The fourth-order valence-electron chi connectivity index (χ4n) is 2.82. The summed E-state index contributed by atoms with van der Waals surface area (Å²) in [6, 6.07) is 4.49. The Bertz CT molecular complexity index is 565. The van der Waals surface area contributed by atoms with Crippen molar-refractivity contribution in [2.24, 2.45) is 0 Å². The van der Waals surface area contributed by atoms with E-state index < -0.39 is 4.92 Å². The van der Waals surface area contributed by atoms with Crippen molar-refractivity contribution in [1.29, 1.82) is 0 Å². The fraction of sp³-hybridized carbons (Fsp3) is 0.533. The predicted octanol–water partition coefficient (Wildman–Crippen LogP) is 3.45. The van der Waals surface area contributed by atoms with E-state index in [1.54, 1.807) is 0 Å². The predicted molar refractivity (Wildman–Crippen MR) is 86.2 cm³/mol. The zero-order valence-corrected chi connectivity index (χ0v) is 13.3. The maximum Gasteiger partial charge on any atom is 0.271 e. The van der Waals surface area contributed by atoms with Crippen LogP contribution in [0.3, 0.4) is 0 Å². The summed E-state index contributed by atoms with van der Waals surface area (Å²) in [6.45, 7) is 3.39. The van der Waals surface area contributed by atoms with Crippen LogP contribution < -0.4 is 5.32 Å². The van der Waals surface area contributed by atoms with Crippen molar-refractivity contribution < 1.29 is 9.72 Å². The largest absolute Gasteiger partial charge is 0.324 e. The van der Waals surface area contributed by atoms with Crippen molar-refractivity contribution in [1.82, 2.24) is 4.90 Å². The molecule has 22 heavy (non-hydrogen) atoms. The second-order valence-electron chi connectivity index (χ2n) is 5.50. The van der Waals surface area contributed by atoms with Gasteiger partial charge in [0.05, 0.1) is 22.2 Å². The molecular formula is C15H20ClN3O3. The fourth-order valence-corrected chi connectivity index (χ4v) is 3.05. The average Bonchev–Trinajstić information content (AvgIpc) is 2.49. The maximum atomic E-state index is 12.2. The number of nitro benzene ring substituents is 1. The number of hydrogen-bond acceptors (Lipinski definition) is 4. The molecule has 1 fully saturated rings. The molecule has 120 valence electrons. The minimum absolute atomic E-state index is 0.0925. The summed E-state index contributed by atoms with van der Waals surface area (Å²) < 4.78 is 0. The Morgan fingerprint density at radius 1 is 1.50 bits per heavy atom. The molecule has 0 bridgehead atoms. The lowest BCUT2D eigenvalue weighted by Gasteiger charge is -2.34. The standard InChI is InChI=1S/C15H20ClN3O3/c1-2-11-5-3-4-8-18(11)10-15(20)17-14-7-6-12(19(21)22)9-13(14)16/h6-7,9,11H,2-5,8,10H2,1H3,(H,17,20). The van der Waals surface area contributed by atoms with Gasteiger partial charge in [0.2, 0.25) is 5.91 Å². The number of halogens is 1. The number of benzene rings is 1. The summed E-state index contributed by atoms with van der Waals surface area (Å²) in [6.07, 6.45) is 4.49. The average molecular weight is 326 g/mol. The van der Waals surface area contributed by atoms with Crippen molar-refractivity contribution in [3.05, 3.63) is 33.3 Å². The summed E-state index contributed by atoms with van der Waals surface area (Å²) in [5.74, 6) is -0.142. The number of likely N-dealkylation sites (tertiary alicyclic amines) is 1. The molecular weight excluding hydrogens is 306 g/mol. The lowest BCUT2D eigenvalue weighted by atomic mass is 10.00. The molecule has 0 spiro atoms. The molecule has 1 N–H and O–H groups in total. The van der Waals surface area contributed by atoms with Gasteiger partial charge in [0.25, 0.3) is 5.69 Å². The molecule has 1 aliphatic rings. The third-order valence-electron chi connectivity index (χ3n) is 4.00. The quantitative estimate of drug-likeness (QED) is 0.664. The first-order chi connectivity index (χ1) is 10.5. The Morgan fingerprint density at radius 3 is 2.91 bits per heavy atom. The van der Waals surface area contributed by atoms with Gasteiger partial charge in [0.1, 0.15) is 0 Å². The van der Waals surface area contributed by atoms with E-state index in [-0.39, 0.29) is 16.6 Å². The zero-order chi connectivity index (χ0) is 16.1. The first-order valence-electron chi connectivity index (χ1n) is 7.49. The highest BCUT2D eigenvalue weighted by Crippen LogP contribution is 2.27. The minimum Gasteiger partial charge on any atom is -0.324 e. The van der Waals surface area contributed by atoms with Gasteiger partial charge in [0.15, 0.2) is 0 Å². The Kier molecular flexibility index (Phi) is 5.74. The summed E-state index contributed by atoms with van der Waals surface area (Å²) in [7, 11) is 0. The van der Waals surface area contributed by atoms with Crippen LogP contribution in [0.15, 0.2) is 18.2 Å². The molecule has 0 saturated carbocycles.